The highest BCUT2D eigenvalue weighted by atomic mass is 79.9. The Kier molecular flexibility index (Phi) is 6.30. The predicted molar refractivity (Wildman–Crippen MR) is 48.0 cm³/mol. The largest absolute Gasteiger partial charge is 1.00 e. The number of aromatic nitrogens is 1. The molecule has 0 bridgehead atoms. The number of hydrogen-bond donors (Lipinski definition) is 0. The van der Waals surface area contributed by atoms with Crippen molar-refractivity contribution >= 4 is 5.97 Å². The standard InChI is InChI=1S/C10H11N2O2.BrH/c1-2-14-10(13)8-12-5-3-4-9(6-11)7-12;/h3-5,7H,2,8H2,1H3;1H/q+1;/p-1. The highest BCUT2D eigenvalue weighted by Crippen LogP contribution is 1.90. The van der Waals surface area contributed by atoms with Crippen LogP contribution in [0.4, 0.5) is 0 Å². The Morgan fingerprint density at radius 1 is 1.67 bits per heavy atom. The second-order valence-corrected chi connectivity index (χ2v) is 2.68. The first-order valence-electron chi connectivity index (χ1n) is 4.31. The number of nitrogens with zero attached hydrogens (tertiary/aromatic N) is 2. The van der Waals surface area contributed by atoms with E-state index >= 15 is 0 Å². The van der Waals surface area contributed by atoms with E-state index in [0.717, 1.165) is 0 Å². The van der Waals surface area contributed by atoms with E-state index in [1.165, 1.54) is 0 Å². The van der Waals surface area contributed by atoms with Crippen LogP contribution in [-0.2, 0) is 16.1 Å². The maximum atomic E-state index is 11.1. The van der Waals surface area contributed by atoms with E-state index in [2.05, 4.69) is 0 Å². The van der Waals surface area contributed by atoms with Gasteiger partial charge >= 0.3 is 5.97 Å². The number of hydrogen-bond acceptors (Lipinski definition) is 3. The van der Waals surface area contributed by atoms with Gasteiger partial charge in [0.05, 0.1) is 6.61 Å². The zero-order valence-electron chi connectivity index (χ0n) is 8.31. The molecular formula is C10H11BrN2O2. The van der Waals surface area contributed by atoms with Crippen LogP contribution in [0, 0.1) is 11.3 Å². The van der Waals surface area contributed by atoms with Gasteiger partial charge in [-0.05, 0) is 13.0 Å². The summed E-state index contributed by atoms with van der Waals surface area (Å²) >= 11 is 0. The fourth-order valence-corrected chi connectivity index (χ4v) is 1.04. The van der Waals surface area contributed by atoms with Gasteiger partial charge in [0.25, 0.3) is 0 Å². The SMILES string of the molecule is CCOC(=O)C[n+]1cccc(C#N)c1.[Br-]. The molecule has 1 aromatic rings. The number of halogens is 1. The topological polar surface area (TPSA) is 54.0 Å². The Bertz CT molecular complexity index is 374. The number of carbonyl (C=O) groups excluding carboxylic acids is 1. The first-order chi connectivity index (χ1) is 6.76. The quantitative estimate of drug-likeness (QED) is 0.448. The lowest BCUT2D eigenvalue weighted by Gasteiger charge is -1.97. The highest BCUT2D eigenvalue weighted by molar-refractivity contribution is 5.67. The second-order valence-electron chi connectivity index (χ2n) is 2.68. The third kappa shape index (κ3) is 4.56. The fraction of sp³-hybridized carbons (Fsp3) is 0.300. The number of carbonyl (C=O) groups is 1. The molecule has 0 aliphatic heterocycles. The Balaban J connectivity index is 0.00000196. The zero-order valence-corrected chi connectivity index (χ0v) is 9.90. The molecule has 0 saturated heterocycles. The van der Waals surface area contributed by atoms with Crippen LogP contribution in [0.25, 0.3) is 0 Å². The van der Waals surface area contributed by atoms with Crippen molar-refractivity contribution in [2.45, 2.75) is 13.5 Å². The summed E-state index contributed by atoms with van der Waals surface area (Å²) in [7, 11) is 0. The third-order valence-corrected chi connectivity index (χ3v) is 1.60. The van der Waals surface area contributed by atoms with Crippen molar-refractivity contribution in [3.05, 3.63) is 30.1 Å². The van der Waals surface area contributed by atoms with E-state index in [0.29, 0.717) is 12.2 Å². The van der Waals surface area contributed by atoms with Crippen molar-refractivity contribution < 1.29 is 31.1 Å². The molecule has 0 spiro atoms. The molecule has 1 heterocycles. The average molecular weight is 271 g/mol. The molecule has 0 amide bonds. The maximum Gasteiger partial charge on any atom is 0.372 e. The molecule has 80 valence electrons. The zero-order chi connectivity index (χ0) is 10.4. The van der Waals surface area contributed by atoms with Gasteiger partial charge in [0, 0.05) is 6.07 Å². The molecule has 0 aliphatic carbocycles. The van der Waals surface area contributed by atoms with Crippen LogP contribution in [0.15, 0.2) is 24.5 Å². The normalized spacial score (nSPS) is 8.53. The van der Waals surface area contributed by atoms with E-state index in [1.54, 1.807) is 36.0 Å². The monoisotopic (exact) mass is 270 g/mol. The van der Waals surface area contributed by atoms with Gasteiger partial charge in [-0.25, -0.2) is 4.79 Å². The Hall–Kier alpha value is -1.41. The lowest BCUT2D eigenvalue weighted by molar-refractivity contribution is -0.686. The third-order valence-electron chi connectivity index (χ3n) is 1.60. The minimum atomic E-state index is -0.299. The Morgan fingerprint density at radius 2 is 2.40 bits per heavy atom. The van der Waals surface area contributed by atoms with Crippen molar-refractivity contribution in [3.63, 3.8) is 0 Å². The van der Waals surface area contributed by atoms with E-state index in [-0.39, 0.29) is 29.5 Å². The Morgan fingerprint density at radius 3 is 3.00 bits per heavy atom. The number of nitriles is 1. The van der Waals surface area contributed by atoms with E-state index in [9.17, 15) is 4.79 Å². The summed E-state index contributed by atoms with van der Waals surface area (Å²) in [5.41, 5.74) is 0.525. The Labute approximate surface area is 98.9 Å². The van der Waals surface area contributed by atoms with Gasteiger partial charge in [0.1, 0.15) is 11.6 Å². The predicted octanol–water partition coefficient (Wildman–Crippen LogP) is -2.59. The number of esters is 1. The average Bonchev–Trinajstić information content (AvgIpc) is 2.18. The molecule has 15 heavy (non-hydrogen) atoms. The van der Waals surface area contributed by atoms with E-state index in [4.69, 9.17) is 10.00 Å². The summed E-state index contributed by atoms with van der Waals surface area (Å²) in [4.78, 5) is 11.1. The van der Waals surface area contributed by atoms with Gasteiger partial charge in [-0.2, -0.15) is 9.83 Å². The van der Waals surface area contributed by atoms with Crippen LogP contribution in [0.2, 0.25) is 0 Å². The summed E-state index contributed by atoms with van der Waals surface area (Å²) in [6.07, 6.45) is 3.33. The van der Waals surface area contributed by atoms with Crippen molar-refractivity contribution in [1.82, 2.24) is 0 Å². The van der Waals surface area contributed by atoms with Crippen LogP contribution in [0.5, 0.6) is 0 Å². The summed E-state index contributed by atoms with van der Waals surface area (Å²) in [6.45, 7) is 2.27. The van der Waals surface area contributed by atoms with Crippen LogP contribution in [0.1, 0.15) is 12.5 Å². The lowest BCUT2D eigenvalue weighted by atomic mass is 10.3. The summed E-state index contributed by atoms with van der Waals surface area (Å²) in [6, 6.07) is 5.40. The van der Waals surface area contributed by atoms with E-state index in [1.807, 2.05) is 6.07 Å². The van der Waals surface area contributed by atoms with Crippen LogP contribution < -0.4 is 21.5 Å². The molecule has 4 nitrogen and oxygen atoms in total. The molecule has 1 rings (SSSR count). The summed E-state index contributed by atoms with van der Waals surface area (Å²) in [5.74, 6) is -0.299. The number of ether oxygens (including phenoxy) is 1. The van der Waals surface area contributed by atoms with Gasteiger partial charge < -0.3 is 21.7 Å². The van der Waals surface area contributed by atoms with Gasteiger partial charge in [-0.1, -0.05) is 0 Å². The summed E-state index contributed by atoms with van der Waals surface area (Å²) in [5, 5.41) is 8.62. The molecule has 1 aromatic heterocycles. The molecule has 5 heteroatoms. The van der Waals surface area contributed by atoms with Gasteiger partial charge in [-0.3, -0.25) is 0 Å². The molecule has 0 aromatic carbocycles. The molecule has 0 radical (unpaired) electrons. The van der Waals surface area contributed by atoms with Crippen molar-refractivity contribution in [2.75, 3.05) is 6.61 Å². The first kappa shape index (κ1) is 13.6. The number of pyridine rings is 1. The molecular weight excluding hydrogens is 260 g/mol. The maximum absolute atomic E-state index is 11.1. The molecule has 0 fully saturated rings. The van der Waals surface area contributed by atoms with Crippen LogP contribution >= 0.6 is 0 Å². The van der Waals surface area contributed by atoms with Crippen molar-refractivity contribution in [3.8, 4) is 6.07 Å². The molecule has 0 N–H and O–H groups in total. The molecule has 0 aliphatic rings. The minimum absolute atomic E-state index is 0. The van der Waals surface area contributed by atoms with Gasteiger partial charge in [-0.15, -0.1) is 0 Å². The van der Waals surface area contributed by atoms with Gasteiger partial charge in [0.2, 0.25) is 6.54 Å². The smallest absolute Gasteiger partial charge is 0.372 e. The van der Waals surface area contributed by atoms with Gasteiger partial charge in [0.15, 0.2) is 12.4 Å². The minimum Gasteiger partial charge on any atom is -1.00 e. The van der Waals surface area contributed by atoms with Crippen molar-refractivity contribution in [1.29, 1.82) is 5.26 Å². The highest BCUT2D eigenvalue weighted by Gasteiger charge is 2.09. The van der Waals surface area contributed by atoms with Crippen LogP contribution in [-0.4, -0.2) is 12.6 Å². The van der Waals surface area contributed by atoms with E-state index < -0.39 is 0 Å². The second kappa shape index (κ2) is 6.96. The molecule has 0 atom stereocenters. The molecule has 0 unspecified atom stereocenters. The first-order valence-corrected chi connectivity index (χ1v) is 4.31. The summed E-state index contributed by atoms with van der Waals surface area (Å²) < 4.78 is 6.40. The van der Waals surface area contributed by atoms with Crippen molar-refractivity contribution in [2.24, 2.45) is 0 Å². The molecule has 0 saturated carbocycles. The van der Waals surface area contributed by atoms with Crippen LogP contribution in [0.3, 0.4) is 0 Å². The fourth-order valence-electron chi connectivity index (χ4n) is 1.04. The lowest BCUT2D eigenvalue weighted by Crippen LogP contribution is -3.00. The number of rotatable bonds is 3.